The van der Waals surface area contributed by atoms with Gasteiger partial charge in [0.25, 0.3) is 0 Å². The van der Waals surface area contributed by atoms with Gasteiger partial charge in [0.05, 0.1) is 17.2 Å². The Morgan fingerprint density at radius 1 is 1.15 bits per heavy atom. The molecule has 0 fully saturated rings. The third-order valence-electron chi connectivity index (χ3n) is 4.11. The van der Waals surface area contributed by atoms with Crippen molar-refractivity contribution in [2.24, 2.45) is 0 Å². The molecule has 1 amide bonds. The van der Waals surface area contributed by atoms with Gasteiger partial charge in [0.1, 0.15) is 16.2 Å². The van der Waals surface area contributed by atoms with Crippen molar-refractivity contribution >= 4 is 50.6 Å². The maximum atomic E-state index is 12.4. The molecule has 1 N–H and O–H groups in total. The van der Waals surface area contributed by atoms with Crippen molar-refractivity contribution in [3.63, 3.8) is 0 Å². The zero-order valence-electron chi connectivity index (χ0n) is 14.6. The van der Waals surface area contributed by atoms with Crippen molar-refractivity contribution < 1.29 is 4.79 Å². The number of hydrogen-bond acceptors (Lipinski definition) is 6. The van der Waals surface area contributed by atoms with Gasteiger partial charge in [-0.2, -0.15) is 0 Å². The Hall–Kier alpha value is -2.22. The fourth-order valence-electron chi connectivity index (χ4n) is 2.81. The summed E-state index contributed by atoms with van der Waals surface area (Å²) in [5.74, 6) is 0.329. The van der Waals surface area contributed by atoms with E-state index in [0.29, 0.717) is 5.75 Å². The number of benzene rings is 1. The van der Waals surface area contributed by atoms with Crippen LogP contribution in [-0.2, 0) is 4.79 Å². The van der Waals surface area contributed by atoms with Crippen LogP contribution in [0, 0.1) is 0 Å². The summed E-state index contributed by atoms with van der Waals surface area (Å²) in [6, 6.07) is 14.3. The molecule has 4 aromatic rings. The van der Waals surface area contributed by atoms with Crippen LogP contribution in [0.4, 0.5) is 0 Å². The van der Waals surface area contributed by atoms with Gasteiger partial charge in [-0.3, -0.25) is 4.79 Å². The van der Waals surface area contributed by atoms with Crippen LogP contribution in [-0.4, -0.2) is 21.6 Å². The Morgan fingerprint density at radius 3 is 2.78 bits per heavy atom. The third-order valence-corrected chi connectivity index (χ3v) is 7.04. The highest BCUT2D eigenvalue weighted by molar-refractivity contribution is 8.00. The fraction of sp³-hybridized carbons (Fsp3) is 0.150. The molecule has 0 saturated carbocycles. The summed E-state index contributed by atoms with van der Waals surface area (Å²) >= 11 is 4.71. The molecule has 0 spiro atoms. The van der Waals surface area contributed by atoms with E-state index in [2.05, 4.69) is 32.8 Å². The number of fused-ring (bicyclic) bond motifs is 1. The molecule has 136 valence electrons. The first-order valence-corrected chi connectivity index (χ1v) is 11.2. The van der Waals surface area contributed by atoms with E-state index >= 15 is 0 Å². The molecule has 7 heteroatoms. The summed E-state index contributed by atoms with van der Waals surface area (Å²) in [4.78, 5) is 23.3. The van der Waals surface area contributed by atoms with Crippen molar-refractivity contribution in [2.75, 3.05) is 5.75 Å². The number of nitrogens with zero attached hydrogens (tertiary/aromatic N) is 2. The van der Waals surface area contributed by atoms with Gasteiger partial charge in [-0.15, -0.1) is 22.7 Å². The first-order chi connectivity index (χ1) is 13.2. The van der Waals surface area contributed by atoms with E-state index in [1.807, 2.05) is 42.6 Å². The van der Waals surface area contributed by atoms with Gasteiger partial charge >= 0.3 is 0 Å². The minimum Gasteiger partial charge on any atom is -0.348 e. The lowest BCUT2D eigenvalue weighted by Gasteiger charge is -2.12. The van der Waals surface area contributed by atoms with E-state index in [-0.39, 0.29) is 11.9 Å². The number of rotatable bonds is 6. The van der Waals surface area contributed by atoms with Gasteiger partial charge in [0, 0.05) is 15.8 Å². The van der Waals surface area contributed by atoms with Crippen LogP contribution in [0.1, 0.15) is 17.8 Å². The molecular formula is C20H17N3OS3. The number of carbonyl (C=O) groups excluding carboxylic acids is 1. The zero-order chi connectivity index (χ0) is 18.6. The second kappa shape index (κ2) is 8.21. The van der Waals surface area contributed by atoms with Gasteiger partial charge in [-0.25, -0.2) is 9.97 Å². The van der Waals surface area contributed by atoms with Gasteiger partial charge in [0.2, 0.25) is 5.91 Å². The lowest BCUT2D eigenvalue weighted by molar-refractivity contribution is -0.119. The van der Waals surface area contributed by atoms with Gasteiger partial charge in [0.15, 0.2) is 0 Å². The van der Waals surface area contributed by atoms with Crippen LogP contribution in [0.3, 0.4) is 0 Å². The van der Waals surface area contributed by atoms with Crippen LogP contribution in [0.15, 0.2) is 64.6 Å². The maximum Gasteiger partial charge on any atom is 0.230 e. The van der Waals surface area contributed by atoms with Crippen LogP contribution >= 0.6 is 34.4 Å². The molecule has 4 nitrogen and oxygen atoms in total. The first-order valence-electron chi connectivity index (χ1n) is 8.45. The predicted molar refractivity (Wildman–Crippen MR) is 114 cm³/mol. The molecule has 4 rings (SSSR count). The van der Waals surface area contributed by atoms with Crippen molar-refractivity contribution in [1.29, 1.82) is 0 Å². The van der Waals surface area contributed by atoms with Crippen molar-refractivity contribution in [1.82, 2.24) is 15.3 Å². The van der Waals surface area contributed by atoms with Crippen LogP contribution in [0.25, 0.3) is 21.3 Å². The Morgan fingerprint density at radius 2 is 2.00 bits per heavy atom. The molecule has 0 aliphatic heterocycles. The van der Waals surface area contributed by atoms with E-state index in [0.717, 1.165) is 31.2 Å². The molecule has 1 atom stereocenters. The summed E-state index contributed by atoms with van der Waals surface area (Å²) < 4.78 is 0. The average Bonchev–Trinajstić information content (AvgIpc) is 3.37. The van der Waals surface area contributed by atoms with Gasteiger partial charge < -0.3 is 5.32 Å². The number of amides is 1. The molecule has 1 unspecified atom stereocenters. The molecular weight excluding hydrogens is 394 g/mol. The SMILES string of the molecule is CC(NC(=O)CSc1ncnc2scc(-c3ccccc3)c12)c1cccs1. The number of carbonyl (C=O) groups is 1. The highest BCUT2D eigenvalue weighted by Gasteiger charge is 2.16. The minimum absolute atomic E-state index is 0.00385. The highest BCUT2D eigenvalue weighted by atomic mass is 32.2. The van der Waals surface area contributed by atoms with Crippen LogP contribution < -0.4 is 5.32 Å². The summed E-state index contributed by atoms with van der Waals surface area (Å²) in [5, 5.41) is 9.05. The molecule has 0 aliphatic carbocycles. The summed E-state index contributed by atoms with van der Waals surface area (Å²) in [7, 11) is 0. The van der Waals surface area contributed by atoms with E-state index in [9.17, 15) is 4.79 Å². The lowest BCUT2D eigenvalue weighted by Crippen LogP contribution is -2.27. The average molecular weight is 412 g/mol. The molecule has 0 bridgehead atoms. The van der Waals surface area contributed by atoms with E-state index < -0.39 is 0 Å². The smallest absolute Gasteiger partial charge is 0.230 e. The quantitative estimate of drug-likeness (QED) is 0.341. The largest absolute Gasteiger partial charge is 0.348 e. The predicted octanol–water partition coefficient (Wildman–Crippen LogP) is 5.39. The standard InChI is InChI=1S/C20H17N3OS3/c1-13(16-8-5-9-25-16)23-17(24)11-27-20-18-15(14-6-3-2-4-7-14)10-26-19(18)21-12-22-20/h2-10,12-13H,11H2,1H3,(H,23,24). The van der Waals surface area contributed by atoms with Crippen LogP contribution in [0.2, 0.25) is 0 Å². The van der Waals surface area contributed by atoms with Crippen molar-refractivity contribution in [3.8, 4) is 11.1 Å². The normalized spacial score (nSPS) is 12.2. The van der Waals surface area contributed by atoms with Crippen molar-refractivity contribution in [2.45, 2.75) is 18.0 Å². The monoisotopic (exact) mass is 411 g/mol. The van der Waals surface area contributed by atoms with Gasteiger partial charge in [-0.05, 0) is 23.9 Å². The molecule has 27 heavy (non-hydrogen) atoms. The maximum absolute atomic E-state index is 12.4. The number of thiophene rings is 2. The highest BCUT2D eigenvalue weighted by Crippen LogP contribution is 2.37. The second-order valence-electron chi connectivity index (χ2n) is 5.97. The lowest BCUT2D eigenvalue weighted by atomic mass is 10.1. The Labute approximate surface area is 169 Å². The summed E-state index contributed by atoms with van der Waals surface area (Å²) in [5.41, 5.74) is 2.25. The molecule has 0 saturated heterocycles. The number of aromatic nitrogens is 2. The number of nitrogens with one attached hydrogen (secondary N) is 1. The molecule has 1 aromatic carbocycles. The third kappa shape index (κ3) is 4.05. The number of hydrogen-bond donors (Lipinski definition) is 1. The first kappa shape index (κ1) is 18.2. The van der Waals surface area contributed by atoms with E-state index in [4.69, 9.17) is 0 Å². The summed E-state index contributed by atoms with van der Waals surface area (Å²) in [6.07, 6.45) is 1.57. The minimum atomic E-state index is 0.00385. The second-order valence-corrected chi connectivity index (χ2v) is 8.77. The van der Waals surface area contributed by atoms with Crippen molar-refractivity contribution in [3.05, 3.63) is 64.4 Å². The molecule has 0 aliphatic rings. The summed E-state index contributed by atoms with van der Waals surface area (Å²) in [6.45, 7) is 2.00. The van der Waals surface area contributed by atoms with Crippen LogP contribution in [0.5, 0.6) is 0 Å². The zero-order valence-corrected chi connectivity index (χ0v) is 17.0. The Kier molecular flexibility index (Phi) is 5.52. The topological polar surface area (TPSA) is 54.9 Å². The van der Waals surface area contributed by atoms with E-state index in [1.165, 1.54) is 11.8 Å². The number of thioether (sulfide) groups is 1. The Balaban J connectivity index is 1.52. The molecule has 3 heterocycles. The van der Waals surface area contributed by atoms with E-state index in [1.54, 1.807) is 29.0 Å². The fourth-order valence-corrected chi connectivity index (χ4v) is 5.35. The Bertz CT molecular complexity index is 1040. The molecule has 3 aromatic heterocycles. The molecule has 0 radical (unpaired) electrons. The van der Waals surface area contributed by atoms with Gasteiger partial charge in [-0.1, -0.05) is 48.2 Å².